The molecule has 0 aliphatic heterocycles. The van der Waals surface area contributed by atoms with Crippen molar-refractivity contribution in [1.29, 1.82) is 0 Å². The number of fused-ring (bicyclic) bond motifs is 3. The summed E-state index contributed by atoms with van der Waals surface area (Å²) in [5.74, 6) is 2.01. The van der Waals surface area contributed by atoms with Gasteiger partial charge in [-0.15, -0.1) is 11.3 Å². The summed E-state index contributed by atoms with van der Waals surface area (Å²) in [6.07, 6.45) is 8.82. The lowest BCUT2D eigenvalue weighted by atomic mass is 10.1. The second-order valence-electron chi connectivity index (χ2n) is 7.04. The van der Waals surface area contributed by atoms with Crippen molar-refractivity contribution in [3.63, 3.8) is 0 Å². The molecule has 2 aliphatic carbocycles. The van der Waals surface area contributed by atoms with Gasteiger partial charge in [-0.3, -0.25) is 4.79 Å². The van der Waals surface area contributed by atoms with Crippen LogP contribution in [-0.4, -0.2) is 29.1 Å². The molecule has 0 bridgehead atoms. The van der Waals surface area contributed by atoms with Gasteiger partial charge < -0.3 is 10.1 Å². The van der Waals surface area contributed by atoms with Crippen LogP contribution >= 0.6 is 11.3 Å². The van der Waals surface area contributed by atoms with Crippen LogP contribution in [0.25, 0.3) is 10.2 Å². The van der Waals surface area contributed by atoms with E-state index in [1.165, 1.54) is 47.9 Å². The normalized spacial score (nSPS) is 17.2. The van der Waals surface area contributed by atoms with Crippen LogP contribution in [0.2, 0.25) is 0 Å². The monoisotopic (exact) mass is 359 g/mol. The fourth-order valence-corrected chi connectivity index (χ4v) is 4.77. The first-order valence-electron chi connectivity index (χ1n) is 9.45. The summed E-state index contributed by atoms with van der Waals surface area (Å²) in [6, 6.07) is 0. The molecule has 0 amide bonds. The van der Waals surface area contributed by atoms with Crippen molar-refractivity contribution in [3.8, 4) is 0 Å². The van der Waals surface area contributed by atoms with E-state index in [2.05, 4.69) is 5.32 Å². The molecule has 1 saturated carbocycles. The van der Waals surface area contributed by atoms with E-state index in [0.29, 0.717) is 12.4 Å². The van der Waals surface area contributed by atoms with Gasteiger partial charge in [0.05, 0.1) is 12.0 Å². The summed E-state index contributed by atoms with van der Waals surface area (Å²) in [4.78, 5) is 23.8. The van der Waals surface area contributed by atoms with E-state index >= 15 is 0 Å². The van der Waals surface area contributed by atoms with Crippen LogP contribution in [0.1, 0.15) is 55.3 Å². The topological polar surface area (TPSA) is 64.1 Å². The number of hydrogen-bond donors (Lipinski definition) is 1. The summed E-state index contributed by atoms with van der Waals surface area (Å²) in [7, 11) is 0. The highest BCUT2D eigenvalue weighted by molar-refractivity contribution is 7.19. The van der Waals surface area contributed by atoms with Gasteiger partial charge in [0.25, 0.3) is 0 Å². The fraction of sp³-hybridized carbons (Fsp3) is 0.632. The lowest BCUT2D eigenvalue weighted by molar-refractivity contribution is -0.142. The van der Waals surface area contributed by atoms with Crippen molar-refractivity contribution >= 4 is 33.3 Å². The zero-order valence-corrected chi connectivity index (χ0v) is 15.6. The molecule has 2 heterocycles. The van der Waals surface area contributed by atoms with Gasteiger partial charge in [-0.1, -0.05) is 6.42 Å². The largest absolute Gasteiger partial charge is 0.466 e. The van der Waals surface area contributed by atoms with E-state index in [9.17, 15) is 4.79 Å². The summed E-state index contributed by atoms with van der Waals surface area (Å²) in [6.45, 7) is 3.18. The molecule has 2 aromatic heterocycles. The molecule has 0 saturated heterocycles. The lowest BCUT2D eigenvalue weighted by Crippen LogP contribution is -2.13. The molecule has 134 valence electrons. The summed E-state index contributed by atoms with van der Waals surface area (Å²) >= 11 is 1.79. The summed E-state index contributed by atoms with van der Waals surface area (Å²) in [5.41, 5.74) is 1.44. The molecule has 0 atom stereocenters. The first-order valence-corrected chi connectivity index (χ1v) is 10.3. The molecule has 2 aliphatic rings. The van der Waals surface area contributed by atoms with Crippen LogP contribution in [0.15, 0.2) is 0 Å². The number of rotatable bonds is 6. The predicted molar refractivity (Wildman–Crippen MR) is 100 cm³/mol. The molecular weight excluding hydrogens is 334 g/mol. The smallest absolute Gasteiger partial charge is 0.313 e. The van der Waals surface area contributed by atoms with E-state index in [4.69, 9.17) is 14.7 Å². The highest BCUT2D eigenvalue weighted by Gasteiger charge is 2.24. The highest BCUT2D eigenvalue weighted by Crippen LogP contribution is 2.38. The molecule has 2 aromatic rings. The zero-order chi connectivity index (χ0) is 17.2. The minimum Gasteiger partial charge on any atom is -0.466 e. The van der Waals surface area contributed by atoms with E-state index in [0.717, 1.165) is 36.0 Å². The Morgan fingerprint density at radius 3 is 2.88 bits per heavy atom. The summed E-state index contributed by atoms with van der Waals surface area (Å²) < 4.78 is 5.07. The SMILES string of the molecule is CCOC(=O)Cc1nc(NCC2CC2)c2c3c(sc2n1)CCCCC3. The predicted octanol–water partition coefficient (Wildman–Crippen LogP) is 3.89. The number of aromatic nitrogens is 2. The Kier molecular flexibility index (Phi) is 4.88. The second kappa shape index (κ2) is 7.28. The highest BCUT2D eigenvalue weighted by atomic mass is 32.1. The van der Waals surface area contributed by atoms with Crippen molar-refractivity contribution in [3.05, 3.63) is 16.3 Å². The second-order valence-corrected chi connectivity index (χ2v) is 8.12. The molecule has 4 rings (SSSR count). The third kappa shape index (κ3) is 3.78. The fourth-order valence-electron chi connectivity index (χ4n) is 3.49. The van der Waals surface area contributed by atoms with Gasteiger partial charge in [0, 0.05) is 11.4 Å². The molecule has 0 radical (unpaired) electrons. The average molecular weight is 359 g/mol. The van der Waals surface area contributed by atoms with Gasteiger partial charge in [0.1, 0.15) is 22.9 Å². The summed E-state index contributed by atoms with van der Waals surface area (Å²) in [5, 5.41) is 4.76. The third-order valence-electron chi connectivity index (χ3n) is 4.97. The number of nitrogens with one attached hydrogen (secondary N) is 1. The Morgan fingerprint density at radius 1 is 1.24 bits per heavy atom. The lowest BCUT2D eigenvalue weighted by Gasteiger charge is -2.10. The van der Waals surface area contributed by atoms with E-state index in [1.54, 1.807) is 11.3 Å². The minimum absolute atomic E-state index is 0.143. The Morgan fingerprint density at radius 2 is 2.08 bits per heavy atom. The zero-order valence-electron chi connectivity index (χ0n) is 14.8. The van der Waals surface area contributed by atoms with Gasteiger partial charge in [-0.05, 0) is 56.9 Å². The molecule has 0 spiro atoms. The van der Waals surface area contributed by atoms with Crippen molar-refractivity contribution in [2.24, 2.45) is 5.92 Å². The van der Waals surface area contributed by atoms with Crippen LogP contribution in [0.5, 0.6) is 0 Å². The van der Waals surface area contributed by atoms with Crippen LogP contribution in [-0.2, 0) is 28.8 Å². The molecule has 5 nitrogen and oxygen atoms in total. The maximum absolute atomic E-state index is 11.9. The number of esters is 1. The Hall–Kier alpha value is -1.69. The number of aryl methyl sites for hydroxylation is 2. The number of carbonyl (C=O) groups excluding carboxylic acids is 1. The molecule has 0 aromatic carbocycles. The third-order valence-corrected chi connectivity index (χ3v) is 6.16. The number of carbonyl (C=O) groups is 1. The van der Waals surface area contributed by atoms with Crippen LogP contribution in [0.3, 0.4) is 0 Å². The van der Waals surface area contributed by atoms with Crippen LogP contribution in [0, 0.1) is 5.92 Å². The van der Waals surface area contributed by atoms with Crippen molar-refractivity contribution in [1.82, 2.24) is 9.97 Å². The van der Waals surface area contributed by atoms with Gasteiger partial charge >= 0.3 is 5.97 Å². The van der Waals surface area contributed by atoms with Crippen molar-refractivity contribution in [2.75, 3.05) is 18.5 Å². The Balaban J connectivity index is 1.71. The van der Waals surface area contributed by atoms with Gasteiger partial charge in [0.2, 0.25) is 0 Å². The first-order chi connectivity index (χ1) is 12.2. The van der Waals surface area contributed by atoms with Gasteiger partial charge in [-0.2, -0.15) is 0 Å². The van der Waals surface area contributed by atoms with Gasteiger partial charge in [-0.25, -0.2) is 9.97 Å². The maximum Gasteiger partial charge on any atom is 0.313 e. The number of anilines is 1. The first kappa shape index (κ1) is 16.8. The molecule has 1 N–H and O–H groups in total. The van der Waals surface area contributed by atoms with E-state index in [1.807, 2.05) is 6.92 Å². The van der Waals surface area contributed by atoms with Crippen molar-refractivity contribution in [2.45, 2.75) is 58.3 Å². The Bertz CT molecular complexity index is 783. The van der Waals surface area contributed by atoms with E-state index in [-0.39, 0.29) is 12.4 Å². The number of nitrogens with zero attached hydrogens (tertiary/aromatic N) is 2. The van der Waals surface area contributed by atoms with E-state index < -0.39 is 0 Å². The maximum atomic E-state index is 11.9. The molecule has 1 fully saturated rings. The number of hydrogen-bond acceptors (Lipinski definition) is 6. The van der Waals surface area contributed by atoms with Crippen LogP contribution in [0.4, 0.5) is 5.82 Å². The Labute approximate surface area is 152 Å². The average Bonchev–Trinajstić information content (AvgIpc) is 3.38. The molecular formula is C19H25N3O2S. The van der Waals surface area contributed by atoms with Crippen LogP contribution < -0.4 is 5.32 Å². The number of ether oxygens (including phenoxy) is 1. The minimum atomic E-state index is -0.256. The molecule has 25 heavy (non-hydrogen) atoms. The number of thiophene rings is 1. The van der Waals surface area contributed by atoms with Gasteiger partial charge in [0.15, 0.2) is 0 Å². The molecule has 6 heteroatoms. The van der Waals surface area contributed by atoms with Crippen molar-refractivity contribution < 1.29 is 9.53 Å². The quantitative estimate of drug-likeness (QED) is 0.626. The standard InChI is InChI=1S/C19H25N3O2S/c1-2-24-16(23)10-15-21-18(20-11-12-8-9-12)17-13-6-4-3-5-7-14(13)25-19(17)22-15/h12H,2-11H2,1H3,(H,20,21,22). The molecule has 0 unspecified atom stereocenters.